The number of anilines is 1. The highest BCUT2D eigenvalue weighted by molar-refractivity contribution is 5.96. The number of nitrogens with zero attached hydrogens (tertiary/aromatic N) is 4. The molecular formula is C16H19N5. The van der Waals surface area contributed by atoms with E-state index < -0.39 is 0 Å². The molecule has 0 atom stereocenters. The fourth-order valence-electron chi connectivity index (χ4n) is 3.20. The summed E-state index contributed by atoms with van der Waals surface area (Å²) < 4.78 is 1.87. The van der Waals surface area contributed by atoms with E-state index >= 15 is 0 Å². The molecule has 1 fully saturated rings. The minimum absolute atomic E-state index is 0.510. The summed E-state index contributed by atoms with van der Waals surface area (Å²) in [4.78, 5) is 8.84. The molecule has 1 aliphatic carbocycles. The fraction of sp³-hybridized carbons (Fsp3) is 0.438. The third-order valence-electron chi connectivity index (χ3n) is 4.31. The number of aromatic nitrogens is 4. The highest BCUT2D eigenvalue weighted by atomic mass is 15.2. The van der Waals surface area contributed by atoms with Gasteiger partial charge < -0.3 is 5.32 Å². The second-order valence-corrected chi connectivity index (χ2v) is 5.78. The lowest BCUT2D eigenvalue weighted by Gasteiger charge is -2.16. The molecule has 3 heterocycles. The molecule has 5 heteroatoms. The van der Waals surface area contributed by atoms with Crippen molar-refractivity contribution in [3.8, 4) is 0 Å². The molecule has 0 unspecified atom stereocenters. The molecule has 1 N–H and O–H groups in total. The third kappa shape index (κ3) is 2.33. The van der Waals surface area contributed by atoms with Gasteiger partial charge >= 0.3 is 0 Å². The maximum Gasteiger partial charge on any atom is 0.158 e. The second-order valence-electron chi connectivity index (χ2n) is 5.78. The average Bonchev–Trinajstić information content (AvgIpc) is 2.70. The van der Waals surface area contributed by atoms with Crippen LogP contribution >= 0.6 is 0 Å². The molecule has 0 spiro atoms. The van der Waals surface area contributed by atoms with Crippen LogP contribution in [0.1, 0.15) is 38.5 Å². The molecule has 1 aliphatic rings. The first-order valence-corrected chi connectivity index (χ1v) is 7.76. The van der Waals surface area contributed by atoms with Gasteiger partial charge in [0, 0.05) is 12.2 Å². The molecule has 4 rings (SSSR count). The van der Waals surface area contributed by atoms with Gasteiger partial charge in [-0.3, -0.25) is 0 Å². The zero-order valence-electron chi connectivity index (χ0n) is 12.0. The normalized spacial score (nSPS) is 17.1. The van der Waals surface area contributed by atoms with Crippen LogP contribution in [0, 0.1) is 0 Å². The Labute approximate surface area is 123 Å². The van der Waals surface area contributed by atoms with E-state index in [4.69, 9.17) is 0 Å². The van der Waals surface area contributed by atoms with Crippen molar-refractivity contribution in [2.24, 2.45) is 0 Å². The first kappa shape index (κ1) is 12.6. The Morgan fingerprint density at radius 2 is 1.86 bits per heavy atom. The van der Waals surface area contributed by atoms with Crippen LogP contribution in [0.4, 0.5) is 5.82 Å². The smallest absolute Gasteiger partial charge is 0.158 e. The Kier molecular flexibility index (Phi) is 3.18. The van der Waals surface area contributed by atoms with Crippen molar-refractivity contribution in [1.29, 1.82) is 0 Å². The zero-order valence-corrected chi connectivity index (χ0v) is 12.0. The zero-order chi connectivity index (χ0) is 14.1. The van der Waals surface area contributed by atoms with E-state index in [1.807, 2.05) is 28.9 Å². The number of hydrogen-bond acceptors (Lipinski definition) is 4. The lowest BCUT2D eigenvalue weighted by Crippen LogP contribution is -2.19. The Morgan fingerprint density at radius 3 is 2.71 bits per heavy atom. The van der Waals surface area contributed by atoms with Gasteiger partial charge in [0.2, 0.25) is 0 Å². The largest absolute Gasteiger partial charge is 0.365 e. The van der Waals surface area contributed by atoms with Crippen molar-refractivity contribution in [1.82, 2.24) is 19.6 Å². The molecular weight excluding hydrogens is 262 g/mol. The minimum atomic E-state index is 0.510. The van der Waals surface area contributed by atoms with Crippen LogP contribution in [0.2, 0.25) is 0 Å². The molecule has 0 radical (unpaired) electrons. The monoisotopic (exact) mass is 281 g/mol. The summed E-state index contributed by atoms with van der Waals surface area (Å²) in [5.74, 6) is 0.871. The summed E-state index contributed by atoms with van der Waals surface area (Å²) >= 11 is 0. The van der Waals surface area contributed by atoms with Crippen LogP contribution in [0.15, 0.2) is 30.7 Å². The highest BCUT2D eigenvalue weighted by Crippen LogP contribution is 2.25. The van der Waals surface area contributed by atoms with Gasteiger partial charge in [-0.1, -0.05) is 31.7 Å². The molecule has 3 aromatic heterocycles. The molecule has 0 aromatic carbocycles. The van der Waals surface area contributed by atoms with E-state index in [1.54, 1.807) is 6.33 Å². The number of rotatable bonds is 2. The second kappa shape index (κ2) is 5.31. The van der Waals surface area contributed by atoms with Crippen molar-refractivity contribution in [3.63, 3.8) is 0 Å². The average molecular weight is 281 g/mol. The van der Waals surface area contributed by atoms with Gasteiger partial charge in [0.15, 0.2) is 11.3 Å². The molecule has 0 amide bonds. The van der Waals surface area contributed by atoms with Crippen LogP contribution in [-0.4, -0.2) is 25.6 Å². The fourth-order valence-corrected chi connectivity index (χ4v) is 3.20. The summed E-state index contributed by atoms with van der Waals surface area (Å²) in [5.41, 5.74) is 2.81. The molecule has 21 heavy (non-hydrogen) atoms. The quantitative estimate of drug-likeness (QED) is 0.731. The molecule has 0 saturated heterocycles. The summed E-state index contributed by atoms with van der Waals surface area (Å²) in [6.07, 6.45) is 11.3. The molecule has 3 aromatic rings. The van der Waals surface area contributed by atoms with Crippen LogP contribution in [0.5, 0.6) is 0 Å². The predicted molar refractivity (Wildman–Crippen MR) is 83.4 cm³/mol. The van der Waals surface area contributed by atoms with Crippen LogP contribution in [0.25, 0.3) is 16.6 Å². The maximum absolute atomic E-state index is 4.63. The van der Waals surface area contributed by atoms with Crippen molar-refractivity contribution in [3.05, 3.63) is 30.7 Å². The molecule has 1 saturated carbocycles. The number of hydrogen-bond donors (Lipinski definition) is 1. The first-order valence-electron chi connectivity index (χ1n) is 7.76. The third-order valence-corrected chi connectivity index (χ3v) is 4.31. The van der Waals surface area contributed by atoms with Gasteiger partial charge in [-0.15, -0.1) is 0 Å². The summed E-state index contributed by atoms with van der Waals surface area (Å²) in [6.45, 7) is 0. The van der Waals surface area contributed by atoms with Gasteiger partial charge in [0.1, 0.15) is 11.8 Å². The number of nitrogens with one attached hydrogen (secondary N) is 1. The summed E-state index contributed by atoms with van der Waals surface area (Å²) in [6, 6.07) is 6.54. The summed E-state index contributed by atoms with van der Waals surface area (Å²) in [5, 5.41) is 8.23. The number of pyridine rings is 1. The van der Waals surface area contributed by atoms with E-state index in [-0.39, 0.29) is 0 Å². The van der Waals surface area contributed by atoms with Crippen molar-refractivity contribution >= 4 is 22.4 Å². The van der Waals surface area contributed by atoms with E-state index in [1.165, 1.54) is 38.5 Å². The van der Waals surface area contributed by atoms with Gasteiger partial charge in [0.05, 0.1) is 5.52 Å². The lowest BCUT2D eigenvalue weighted by molar-refractivity contribution is 0.618. The Morgan fingerprint density at radius 1 is 1.00 bits per heavy atom. The van der Waals surface area contributed by atoms with Gasteiger partial charge in [-0.2, -0.15) is 5.10 Å². The molecule has 108 valence electrons. The van der Waals surface area contributed by atoms with Crippen LogP contribution in [0.3, 0.4) is 0 Å². The topological polar surface area (TPSA) is 55.1 Å². The SMILES string of the molecule is c1ccn2nc3c(NC4CCCCCC4)ncnc3c2c1. The first-order chi connectivity index (χ1) is 10.4. The van der Waals surface area contributed by atoms with Crippen molar-refractivity contribution in [2.75, 3.05) is 5.32 Å². The van der Waals surface area contributed by atoms with Crippen molar-refractivity contribution < 1.29 is 0 Å². The van der Waals surface area contributed by atoms with Gasteiger partial charge in [-0.25, -0.2) is 14.5 Å². The van der Waals surface area contributed by atoms with E-state index in [2.05, 4.69) is 20.4 Å². The van der Waals surface area contributed by atoms with Gasteiger partial charge in [0.25, 0.3) is 0 Å². The van der Waals surface area contributed by atoms with E-state index in [0.29, 0.717) is 6.04 Å². The highest BCUT2D eigenvalue weighted by Gasteiger charge is 2.16. The van der Waals surface area contributed by atoms with Crippen LogP contribution in [-0.2, 0) is 0 Å². The molecule has 5 nitrogen and oxygen atoms in total. The van der Waals surface area contributed by atoms with E-state index in [0.717, 1.165) is 22.4 Å². The van der Waals surface area contributed by atoms with Gasteiger partial charge in [-0.05, 0) is 25.0 Å². The lowest BCUT2D eigenvalue weighted by atomic mass is 10.1. The minimum Gasteiger partial charge on any atom is -0.365 e. The van der Waals surface area contributed by atoms with Crippen LogP contribution < -0.4 is 5.32 Å². The Bertz CT molecular complexity index is 756. The van der Waals surface area contributed by atoms with E-state index in [9.17, 15) is 0 Å². The number of fused-ring (bicyclic) bond motifs is 3. The standard InChI is InChI=1S/C16H19N5/c1-2-4-8-12(7-3-1)19-16-15-14(17-11-18-16)13-9-5-6-10-21(13)20-15/h5-6,9-12H,1-4,7-8H2,(H,17,18,19). The van der Waals surface area contributed by atoms with Crippen molar-refractivity contribution in [2.45, 2.75) is 44.6 Å². The maximum atomic E-state index is 4.63. The predicted octanol–water partition coefficient (Wildman–Crippen LogP) is 3.41. The Balaban J connectivity index is 1.74. The molecule has 0 bridgehead atoms. The molecule has 0 aliphatic heterocycles. The summed E-state index contributed by atoms with van der Waals surface area (Å²) in [7, 11) is 0. The Hall–Kier alpha value is -2.17.